The minimum Gasteiger partial charge on any atom is -0.397 e. The maximum atomic E-state index is 12.4. The van der Waals surface area contributed by atoms with E-state index in [2.05, 4.69) is 15.4 Å². The smallest absolute Gasteiger partial charge is 0.277 e. The van der Waals surface area contributed by atoms with E-state index in [1.807, 2.05) is 38.2 Å². The molecule has 0 saturated heterocycles. The number of amides is 1. The molecule has 3 rings (SSSR count). The predicted octanol–water partition coefficient (Wildman–Crippen LogP) is 2.11. The van der Waals surface area contributed by atoms with Crippen LogP contribution in [0.5, 0.6) is 0 Å². The molecule has 0 saturated carbocycles. The van der Waals surface area contributed by atoms with Gasteiger partial charge in [0.05, 0.1) is 17.4 Å². The normalized spacial score (nSPS) is 10.8. The van der Waals surface area contributed by atoms with E-state index >= 15 is 0 Å². The van der Waals surface area contributed by atoms with Gasteiger partial charge in [0.25, 0.3) is 5.91 Å². The van der Waals surface area contributed by atoms with E-state index in [1.165, 1.54) is 6.20 Å². The Labute approximate surface area is 121 Å². The van der Waals surface area contributed by atoms with E-state index in [-0.39, 0.29) is 5.91 Å². The number of para-hydroxylation sites is 1. The maximum Gasteiger partial charge on any atom is 0.277 e. The Kier molecular flexibility index (Phi) is 3.06. The number of anilines is 2. The molecule has 3 aromatic rings. The molecule has 0 aliphatic rings. The zero-order valence-electron chi connectivity index (χ0n) is 11.8. The van der Waals surface area contributed by atoms with Gasteiger partial charge in [-0.1, -0.05) is 18.2 Å². The summed E-state index contributed by atoms with van der Waals surface area (Å²) < 4.78 is 1.69. The number of fused-ring (bicyclic) bond motifs is 1. The van der Waals surface area contributed by atoms with Crippen molar-refractivity contribution in [2.75, 3.05) is 11.1 Å². The second-order valence-corrected chi connectivity index (χ2v) is 4.87. The summed E-state index contributed by atoms with van der Waals surface area (Å²) in [5.41, 5.74) is 8.46. The Morgan fingerprint density at radius 2 is 2.10 bits per heavy atom. The van der Waals surface area contributed by atoms with E-state index in [1.54, 1.807) is 10.7 Å². The first-order valence-electron chi connectivity index (χ1n) is 6.51. The Morgan fingerprint density at radius 3 is 2.86 bits per heavy atom. The number of carbonyl (C=O) groups is 1. The molecule has 2 heterocycles. The number of nitrogen functional groups attached to an aromatic ring is 1. The highest BCUT2D eigenvalue weighted by Gasteiger charge is 2.16. The van der Waals surface area contributed by atoms with Gasteiger partial charge >= 0.3 is 0 Å². The average Bonchev–Trinajstić information content (AvgIpc) is 2.81. The summed E-state index contributed by atoms with van der Waals surface area (Å²) >= 11 is 0. The Hall–Kier alpha value is -2.89. The van der Waals surface area contributed by atoms with Crippen LogP contribution in [-0.2, 0) is 7.05 Å². The quantitative estimate of drug-likeness (QED) is 0.753. The molecule has 0 bridgehead atoms. The molecule has 0 spiro atoms. The average molecular weight is 281 g/mol. The Morgan fingerprint density at radius 1 is 1.33 bits per heavy atom. The molecule has 2 aromatic heterocycles. The zero-order chi connectivity index (χ0) is 15.0. The molecule has 0 radical (unpaired) electrons. The second kappa shape index (κ2) is 4.90. The van der Waals surface area contributed by atoms with Crippen LogP contribution in [0.3, 0.4) is 0 Å². The SMILES string of the molecule is Cc1cc(NC(=O)c2nn(C)c3ccccc23)ncc1N. The van der Waals surface area contributed by atoms with Crippen LogP contribution in [0.4, 0.5) is 11.5 Å². The van der Waals surface area contributed by atoms with Crippen LogP contribution in [0.15, 0.2) is 36.5 Å². The van der Waals surface area contributed by atoms with E-state index in [0.29, 0.717) is 17.2 Å². The summed E-state index contributed by atoms with van der Waals surface area (Å²) in [6.07, 6.45) is 1.53. The lowest BCUT2D eigenvalue weighted by atomic mass is 10.2. The summed E-state index contributed by atoms with van der Waals surface area (Å²) in [6, 6.07) is 9.32. The summed E-state index contributed by atoms with van der Waals surface area (Å²) in [7, 11) is 1.81. The third-order valence-electron chi connectivity index (χ3n) is 3.37. The standard InChI is InChI=1S/C15H15N5O/c1-9-7-13(17-8-11(9)16)18-15(21)14-10-5-3-4-6-12(10)20(2)19-14/h3-8H,16H2,1-2H3,(H,17,18,21). The van der Waals surface area contributed by atoms with Crippen LogP contribution in [-0.4, -0.2) is 20.7 Å². The Balaban J connectivity index is 1.95. The molecule has 21 heavy (non-hydrogen) atoms. The lowest BCUT2D eigenvalue weighted by molar-refractivity contribution is 0.102. The van der Waals surface area contributed by atoms with Gasteiger partial charge in [-0.05, 0) is 24.6 Å². The molecule has 0 aliphatic heterocycles. The number of nitrogens with two attached hydrogens (primary N) is 1. The van der Waals surface area contributed by atoms with E-state index in [4.69, 9.17) is 5.73 Å². The number of aryl methyl sites for hydroxylation is 2. The van der Waals surface area contributed by atoms with Crippen molar-refractivity contribution in [2.45, 2.75) is 6.92 Å². The number of nitrogens with one attached hydrogen (secondary N) is 1. The highest BCUT2D eigenvalue weighted by atomic mass is 16.2. The molecule has 0 atom stereocenters. The molecule has 1 amide bonds. The summed E-state index contributed by atoms with van der Waals surface area (Å²) in [5.74, 6) is 0.171. The second-order valence-electron chi connectivity index (χ2n) is 4.87. The van der Waals surface area contributed by atoms with Crippen LogP contribution < -0.4 is 11.1 Å². The zero-order valence-corrected chi connectivity index (χ0v) is 11.8. The monoisotopic (exact) mass is 281 g/mol. The molecule has 6 nitrogen and oxygen atoms in total. The number of hydrogen-bond acceptors (Lipinski definition) is 4. The van der Waals surface area contributed by atoms with Crippen LogP contribution in [0, 0.1) is 6.92 Å². The molecule has 0 unspecified atom stereocenters. The van der Waals surface area contributed by atoms with Gasteiger partial charge in [-0.25, -0.2) is 4.98 Å². The number of benzene rings is 1. The molecule has 1 aromatic carbocycles. The lowest BCUT2D eigenvalue weighted by Gasteiger charge is -2.05. The van der Waals surface area contributed by atoms with Gasteiger partial charge in [-0.2, -0.15) is 5.10 Å². The minimum absolute atomic E-state index is 0.288. The van der Waals surface area contributed by atoms with Gasteiger partial charge in [0.1, 0.15) is 5.82 Å². The third-order valence-corrected chi connectivity index (χ3v) is 3.37. The highest BCUT2D eigenvalue weighted by Crippen LogP contribution is 2.19. The number of nitrogens with zero attached hydrogens (tertiary/aromatic N) is 3. The van der Waals surface area contributed by atoms with Crippen molar-refractivity contribution >= 4 is 28.3 Å². The number of aromatic nitrogens is 3. The number of pyridine rings is 1. The molecule has 0 aliphatic carbocycles. The van der Waals surface area contributed by atoms with Crippen LogP contribution in [0.25, 0.3) is 10.9 Å². The number of rotatable bonds is 2. The summed E-state index contributed by atoms with van der Waals surface area (Å²) in [6.45, 7) is 1.86. The van der Waals surface area contributed by atoms with Gasteiger partial charge in [-0.15, -0.1) is 0 Å². The van der Waals surface area contributed by atoms with Crippen LogP contribution in [0.2, 0.25) is 0 Å². The van der Waals surface area contributed by atoms with Crippen molar-refractivity contribution in [1.29, 1.82) is 0 Å². The van der Waals surface area contributed by atoms with Gasteiger partial charge in [0.2, 0.25) is 0 Å². The van der Waals surface area contributed by atoms with Gasteiger partial charge in [0.15, 0.2) is 5.69 Å². The fourth-order valence-corrected chi connectivity index (χ4v) is 2.19. The van der Waals surface area contributed by atoms with E-state index < -0.39 is 0 Å². The summed E-state index contributed by atoms with van der Waals surface area (Å²) in [5, 5.41) is 7.84. The lowest BCUT2D eigenvalue weighted by Crippen LogP contribution is -2.14. The van der Waals surface area contributed by atoms with E-state index in [9.17, 15) is 4.79 Å². The van der Waals surface area contributed by atoms with E-state index in [0.717, 1.165) is 16.5 Å². The topological polar surface area (TPSA) is 85.8 Å². The van der Waals surface area contributed by atoms with Crippen molar-refractivity contribution in [3.8, 4) is 0 Å². The number of carbonyl (C=O) groups excluding carboxylic acids is 1. The predicted molar refractivity (Wildman–Crippen MR) is 82.1 cm³/mol. The van der Waals surface area contributed by atoms with Crippen molar-refractivity contribution in [1.82, 2.24) is 14.8 Å². The molecular weight excluding hydrogens is 266 g/mol. The fourth-order valence-electron chi connectivity index (χ4n) is 2.19. The molecule has 6 heteroatoms. The molecule has 0 fully saturated rings. The Bertz CT molecular complexity index is 837. The van der Waals surface area contributed by atoms with Gasteiger partial charge in [0, 0.05) is 12.4 Å². The first kappa shape index (κ1) is 13.1. The highest BCUT2D eigenvalue weighted by molar-refractivity contribution is 6.10. The minimum atomic E-state index is -0.288. The molecule has 106 valence electrons. The van der Waals surface area contributed by atoms with Crippen LogP contribution in [0.1, 0.15) is 16.1 Å². The largest absolute Gasteiger partial charge is 0.397 e. The van der Waals surface area contributed by atoms with Crippen molar-refractivity contribution < 1.29 is 4.79 Å². The van der Waals surface area contributed by atoms with Crippen LogP contribution >= 0.6 is 0 Å². The summed E-state index contributed by atoms with van der Waals surface area (Å²) in [4.78, 5) is 16.5. The van der Waals surface area contributed by atoms with Crippen molar-refractivity contribution in [3.05, 3.63) is 47.8 Å². The van der Waals surface area contributed by atoms with Crippen molar-refractivity contribution in [3.63, 3.8) is 0 Å². The number of hydrogen-bond donors (Lipinski definition) is 2. The molecular formula is C15H15N5O. The maximum absolute atomic E-state index is 12.4. The third kappa shape index (κ3) is 2.31. The first-order chi connectivity index (χ1) is 10.1. The molecule has 3 N–H and O–H groups in total. The van der Waals surface area contributed by atoms with Gasteiger partial charge < -0.3 is 11.1 Å². The van der Waals surface area contributed by atoms with Gasteiger partial charge in [-0.3, -0.25) is 9.48 Å². The van der Waals surface area contributed by atoms with Crippen molar-refractivity contribution in [2.24, 2.45) is 7.05 Å². The fraction of sp³-hybridized carbons (Fsp3) is 0.133. The first-order valence-corrected chi connectivity index (χ1v) is 6.51.